The smallest absolute Gasteiger partial charge is 0.263 e. The van der Waals surface area contributed by atoms with Gasteiger partial charge in [0.05, 0.1) is 5.69 Å². The van der Waals surface area contributed by atoms with Crippen molar-refractivity contribution in [3.63, 3.8) is 0 Å². The molecule has 0 unspecified atom stereocenters. The summed E-state index contributed by atoms with van der Waals surface area (Å²) in [7, 11) is 0. The van der Waals surface area contributed by atoms with E-state index in [9.17, 15) is 14.4 Å². The van der Waals surface area contributed by atoms with E-state index in [0.29, 0.717) is 15.8 Å². The molecule has 0 aliphatic rings. The molecule has 6 nitrogen and oxygen atoms in total. The number of aryl methyl sites for hydroxylation is 1. The van der Waals surface area contributed by atoms with Crippen LogP contribution in [0.15, 0.2) is 48.5 Å². The minimum absolute atomic E-state index is 0.0881. The Labute approximate surface area is 181 Å². The molecule has 1 amide bonds. The highest BCUT2D eigenvalue weighted by molar-refractivity contribution is 7.21. The van der Waals surface area contributed by atoms with Crippen molar-refractivity contribution in [1.82, 2.24) is 10.3 Å². The molecule has 31 heavy (non-hydrogen) atoms. The Morgan fingerprint density at radius 3 is 2.48 bits per heavy atom. The molecule has 2 aromatic carbocycles. The number of nitrogens with one attached hydrogen (secondary N) is 1. The van der Waals surface area contributed by atoms with Crippen LogP contribution >= 0.6 is 11.3 Å². The number of fused-ring (bicyclic) bond motifs is 1. The summed E-state index contributed by atoms with van der Waals surface area (Å²) in [6, 6.07) is 15.6. The molecule has 0 radical (unpaired) electrons. The third-order valence-corrected chi connectivity index (χ3v) is 6.03. The Kier molecular flexibility index (Phi) is 5.28. The minimum atomic E-state index is -0.378. The zero-order valence-electron chi connectivity index (χ0n) is 16.6. The van der Waals surface area contributed by atoms with Crippen LogP contribution in [0.25, 0.3) is 21.3 Å². The highest BCUT2D eigenvalue weighted by atomic mass is 32.1. The number of hydrogen-bond donors (Lipinski definition) is 3. The highest BCUT2D eigenvalue weighted by Crippen LogP contribution is 2.42. The number of rotatable bonds is 4. The number of anilines is 2. The van der Waals surface area contributed by atoms with Crippen molar-refractivity contribution < 1.29 is 9.18 Å². The Hall–Kier alpha value is -3.96. The molecule has 0 fully saturated rings. The van der Waals surface area contributed by atoms with Crippen LogP contribution in [-0.4, -0.2) is 10.9 Å². The highest BCUT2D eigenvalue weighted by Gasteiger charge is 2.24. The fraction of sp³-hybridized carbons (Fsp3) is 0.0870. The standard InChI is InChI=1S/C23H18FN5OS/c1-12-2-6-14(7-3-12)17-16(10-25)21(27)29-23-18(17)19(26)20(31-23)22(30)28-11-13-4-8-15(24)9-5-13/h2-9H,11,26H2,1H3,(H2,27,29)(H,28,30). The van der Waals surface area contributed by atoms with Gasteiger partial charge >= 0.3 is 0 Å². The van der Waals surface area contributed by atoms with Crippen LogP contribution in [0.5, 0.6) is 0 Å². The lowest BCUT2D eigenvalue weighted by molar-refractivity contribution is 0.0956. The number of nitrogens with zero attached hydrogens (tertiary/aromatic N) is 2. The summed E-state index contributed by atoms with van der Waals surface area (Å²) in [4.78, 5) is 17.9. The van der Waals surface area contributed by atoms with Gasteiger partial charge in [-0.05, 0) is 30.2 Å². The number of carbonyl (C=O) groups excluding carboxylic acids is 1. The average molecular weight is 431 g/mol. The number of amides is 1. The van der Waals surface area contributed by atoms with E-state index >= 15 is 0 Å². The average Bonchev–Trinajstić information content (AvgIpc) is 3.08. The molecule has 0 aliphatic carbocycles. The second-order valence-corrected chi connectivity index (χ2v) is 8.06. The number of nitriles is 1. The van der Waals surface area contributed by atoms with Crippen LogP contribution in [0.1, 0.15) is 26.4 Å². The number of aromatic nitrogens is 1. The fourth-order valence-electron chi connectivity index (χ4n) is 3.33. The fourth-order valence-corrected chi connectivity index (χ4v) is 4.35. The third-order valence-electron chi connectivity index (χ3n) is 4.93. The molecule has 0 saturated heterocycles. The topological polar surface area (TPSA) is 118 Å². The first kappa shape index (κ1) is 20.3. The van der Waals surface area contributed by atoms with Crippen LogP contribution in [-0.2, 0) is 6.54 Å². The van der Waals surface area contributed by atoms with E-state index in [1.807, 2.05) is 31.2 Å². The van der Waals surface area contributed by atoms with Gasteiger partial charge in [0.1, 0.15) is 33.0 Å². The summed E-state index contributed by atoms with van der Waals surface area (Å²) in [5, 5.41) is 13.0. The predicted octanol–water partition coefficient (Wildman–Crippen LogP) is 4.38. The Morgan fingerprint density at radius 2 is 1.84 bits per heavy atom. The molecule has 0 saturated carbocycles. The van der Waals surface area contributed by atoms with Crippen molar-refractivity contribution in [2.75, 3.05) is 11.5 Å². The van der Waals surface area contributed by atoms with Crippen LogP contribution in [0.4, 0.5) is 15.9 Å². The maximum Gasteiger partial charge on any atom is 0.263 e. The lowest BCUT2D eigenvalue weighted by atomic mass is 9.96. The number of carbonyl (C=O) groups is 1. The Morgan fingerprint density at radius 1 is 1.16 bits per heavy atom. The van der Waals surface area contributed by atoms with E-state index in [2.05, 4.69) is 16.4 Å². The van der Waals surface area contributed by atoms with E-state index in [0.717, 1.165) is 28.0 Å². The molecule has 4 rings (SSSR count). The van der Waals surface area contributed by atoms with Crippen LogP contribution in [0.2, 0.25) is 0 Å². The van der Waals surface area contributed by atoms with Gasteiger partial charge in [0.15, 0.2) is 0 Å². The monoisotopic (exact) mass is 431 g/mol. The molecule has 4 aromatic rings. The Bertz CT molecular complexity index is 1340. The van der Waals surface area contributed by atoms with Gasteiger partial charge in [-0.3, -0.25) is 4.79 Å². The van der Waals surface area contributed by atoms with Crippen molar-refractivity contribution in [3.8, 4) is 17.2 Å². The van der Waals surface area contributed by atoms with E-state index < -0.39 is 0 Å². The molecule has 2 aromatic heterocycles. The first-order valence-electron chi connectivity index (χ1n) is 9.40. The van der Waals surface area contributed by atoms with Gasteiger partial charge in [0, 0.05) is 17.5 Å². The van der Waals surface area contributed by atoms with E-state index in [1.54, 1.807) is 12.1 Å². The van der Waals surface area contributed by atoms with Crippen molar-refractivity contribution in [1.29, 1.82) is 5.26 Å². The van der Waals surface area contributed by atoms with Crippen LogP contribution in [0, 0.1) is 24.1 Å². The number of halogens is 1. The summed E-state index contributed by atoms with van der Waals surface area (Å²) >= 11 is 1.12. The Balaban J connectivity index is 1.78. The first-order valence-corrected chi connectivity index (χ1v) is 10.2. The van der Waals surface area contributed by atoms with Crippen molar-refractivity contribution >= 4 is 39.0 Å². The van der Waals surface area contributed by atoms with Gasteiger partial charge in [0.2, 0.25) is 0 Å². The van der Waals surface area contributed by atoms with Crippen molar-refractivity contribution in [2.45, 2.75) is 13.5 Å². The van der Waals surface area contributed by atoms with Gasteiger partial charge < -0.3 is 16.8 Å². The van der Waals surface area contributed by atoms with Gasteiger partial charge in [0.25, 0.3) is 5.91 Å². The largest absolute Gasteiger partial charge is 0.397 e. The van der Waals surface area contributed by atoms with E-state index in [-0.39, 0.29) is 40.2 Å². The number of benzene rings is 2. The normalized spacial score (nSPS) is 10.7. The molecule has 154 valence electrons. The summed E-state index contributed by atoms with van der Waals surface area (Å²) < 4.78 is 13.1. The van der Waals surface area contributed by atoms with Crippen LogP contribution < -0.4 is 16.8 Å². The molecule has 0 spiro atoms. The van der Waals surface area contributed by atoms with Crippen LogP contribution in [0.3, 0.4) is 0 Å². The summed E-state index contributed by atoms with van der Waals surface area (Å²) in [5.74, 6) is -0.633. The summed E-state index contributed by atoms with van der Waals surface area (Å²) in [5.41, 5.74) is 16.1. The zero-order chi connectivity index (χ0) is 22.1. The van der Waals surface area contributed by atoms with Gasteiger partial charge in [-0.25, -0.2) is 9.37 Å². The number of hydrogen-bond acceptors (Lipinski definition) is 6. The SMILES string of the molecule is Cc1ccc(-c2c(C#N)c(N)nc3sc(C(=O)NCc4ccc(F)cc4)c(N)c23)cc1. The molecule has 8 heteroatoms. The second-order valence-electron chi connectivity index (χ2n) is 7.06. The molecule has 5 N–H and O–H groups in total. The summed E-state index contributed by atoms with van der Waals surface area (Å²) in [6.45, 7) is 2.19. The number of pyridine rings is 1. The maximum atomic E-state index is 13.1. The van der Waals surface area contributed by atoms with E-state index in [4.69, 9.17) is 11.5 Å². The zero-order valence-corrected chi connectivity index (χ0v) is 17.4. The lowest BCUT2D eigenvalue weighted by Crippen LogP contribution is -2.22. The number of thiophene rings is 1. The maximum absolute atomic E-state index is 13.1. The second kappa shape index (κ2) is 8.05. The summed E-state index contributed by atoms with van der Waals surface area (Å²) in [6.07, 6.45) is 0. The molecule has 2 heterocycles. The van der Waals surface area contributed by atoms with Gasteiger partial charge in [-0.2, -0.15) is 5.26 Å². The lowest BCUT2D eigenvalue weighted by Gasteiger charge is -2.10. The number of nitrogen functional groups attached to an aromatic ring is 2. The molecule has 0 bridgehead atoms. The molecule has 0 aliphatic heterocycles. The molecule has 0 atom stereocenters. The first-order chi connectivity index (χ1) is 14.9. The number of nitrogens with two attached hydrogens (primary N) is 2. The van der Waals surface area contributed by atoms with Crippen molar-refractivity contribution in [3.05, 3.63) is 75.9 Å². The molecular weight excluding hydrogens is 413 g/mol. The predicted molar refractivity (Wildman–Crippen MR) is 121 cm³/mol. The van der Waals surface area contributed by atoms with E-state index in [1.165, 1.54) is 12.1 Å². The molecular formula is C23H18FN5OS. The quantitative estimate of drug-likeness (QED) is 0.443. The third kappa shape index (κ3) is 3.79. The van der Waals surface area contributed by atoms with Gasteiger partial charge in [-0.15, -0.1) is 11.3 Å². The minimum Gasteiger partial charge on any atom is -0.397 e. The van der Waals surface area contributed by atoms with Gasteiger partial charge in [-0.1, -0.05) is 42.0 Å². The van der Waals surface area contributed by atoms with Crippen molar-refractivity contribution in [2.24, 2.45) is 0 Å².